The van der Waals surface area contributed by atoms with Gasteiger partial charge in [-0.05, 0) is 37.1 Å². The number of rotatable bonds is 2. The van der Waals surface area contributed by atoms with Crippen LogP contribution < -0.4 is 5.32 Å². The van der Waals surface area contributed by atoms with Gasteiger partial charge in [-0.2, -0.15) is 0 Å². The van der Waals surface area contributed by atoms with Gasteiger partial charge in [0.15, 0.2) is 0 Å². The number of H-pyrrole nitrogens is 1. The number of hydrogen-bond acceptors (Lipinski definition) is 1. The lowest BCUT2D eigenvalue weighted by molar-refractivity contribution is 0.620. The topological polar surface area (TPSA) is 27.8 Å². The highest BCUT2D eigenvalue weighted by atomic mass is 14.9. The fourth-order valence-electron chi connectivity index (χ4n) is 2.80. The second kappa shape index (κ2) is 4.82. The van der Waals surface area contributed by atoms with Gasteiger partial charge in [0.05, 0.1) is 0 Å². The molecule has 0 saturated heterocycles. The van der Waals surface area contributed by atoms with Crippen LogP contribution in [0.1, 0.15) is 38.5 Å². The van der Waals surface area contributed by atoms with Crippen molar-refractivity contribution in [2.24, 2.45) is 0 Å². The molecular weight excluding hydrogens is 208 g/mol. The smallest absolute Gasteiger partial charge is 0.0455 e. The van der Waals surface area contributed by atoms with Crippen molar-refractivity contribution < 1.29 is 0 Å². The van der Waals surface area contributed by atoms with Crippen LogP contribution in [0.25, 0.3) is 10.9 Å². The molecule has 3 rings (SSSR count). The molecular formula is C15H20N2. The Hall–Kier alpha value is -1.44. The predicted molar refractivity (Wildman–Crippen MR) is 73.4 cm³/mol. The summed E-state index contributed by atoms with van der Waals surface area (Å²) in [6.07, 6.45) is 10.2. The van der Waals surface area contributed by atoms with Crippen LogP contribution in [-0.2, 0) is 0 Å². The fraction of sp³-hybridized carbons (Fsp3) is 0.467. The summed E-state index contributed by atoms with van der Waals surface area (Å²) >= 11 is 0. The van der Waals surface area contributed by atoms with Gasteiger partial charge in [-0.1, -0.05) is 25.7 Å². The first-order chi connectivity index (χ1) is 8.42. The molecule has 90 valence electrons. The monoisotopic (exact) mass is 228 g/mol. The van der Waals surface area contributed by atoms with Crippen molar-refractivity contribution in [3.05, 3.63) is 30.5 Å². The molecule has 2 aromatic rings. The van der Waals surface area contributed by atoms with E-state index in [0.717, 1.165) is 0 Å². The highest BCUT2D eigenvalue weighted by Crippen LogP contribution is 2.23. The third kappa shape index (κ3) is 2.46. The molecule has 0 amide bonds. The first-order valence-electron chi connectivity index (χ1n) is 6.75. The predicted octanol–water partition coefficient (Wildman–Crippen LogP) is 4.30. The van der Waals surface area contributed by atoms with Crippen molar-refractivity contribution in [3.8, 4) is 0 Å². The molecule has 1 saturated carbocycles. The van der Waals surface area contributed by atoms with Crippen molar-refractivity contribution in [1.82, 2.24) is 4.98 Å². The lowest BCUT2D eigenvalue weighted by atomic mass is 10.1. The quantitative estimate of drug-likeness (QED) is 0.737. The van der Waals surface area contributed by atoms with E-state index in [1.54, 1.807) is 0 Å². The largest absolute Gasteiger partial charge is 0.382 e. The van der Waals surface area contributed by atoms with Gasteiger partial charge in [0.2, 0.25) is 0 Å². The van der Waals surface area contributed by atoms with Gasteiger partial charge in [-0.25, -0.2) is 0 Å². The third-order valence-corrected chi connectivity index (χ3v) is 3.78. The highest BCUT2D eigenvalue weighted by Gasteiger charge is 2.11. The summed E-state index contributed by atoms with van der Waals surface area (Å²) in [7, 11) is 0. The standard InChI is InChI=1S/C15H20N2/c1-2-4-6-13(5-3-1)17-14-7-8-15-12(11-14)9-10-16-15/h7-11,13,16-17H,1-6H2. The first-order valence-corrected chi connectivity index (χ1v) is 6.75. The molecule has 1 aliphatic rings. The molecule has 0 atom stereocenters. The number of anilines is 1. The number of benzene rings is 1. The van der Waals surface area contributed by atoms with E-state index in [0.29, 0.717) is 6.04 Å². The molecule has 1 aromatic heterocycles. The van der Waals surface area contributed by atoms with E-state index in [4.69, 9.17) is 0 Å². The van der Waals surface area contributed by atoms with Gasteiger partial charge in [0.25, 0.3) is 0 Å². The van der Waals surface area contributed by atoms with Gasteiger partial charge in [0.1, 0.15) is 0 Å². The summed E-state index contributed by atoms with van der Waals surface area (Å²) in [4.78, 5) is 3.23. The van der Waals surface area contributed by atoms with Crippen LogP contribution in [0.2, 0.25) is 0 Å². The van der Waals surface area contributed by atoms with Crippen molar-refractivity contribution in [2.45, 2.75) is 44.6 Å². The van der Waals surface area contributed by atoms with Crippen LogP contribution in [0.4, 0.5) is 5.69 Å². The summed E-state index contributed by atoms with van der Waals surface area (Å²) in [5.74, 6) is 0. The lowest BCUT2D eigenvalue weighted by Crippen LogP contribution is -2.17. The van der Waals surface area contributed by atoms with Crippen LogP contribution in [0, 0.1) is 0 Å². The maximum absolute atomic E-state index is 3.69. The van der Waals surface area contributed by atoms with Crippen LogP contribution in [-0.4, -0.2) is 11.0 Å². The van der Waals surface area contributed by atoms with Crippen LogP contribution in [0.5, 0.6) is 0 Å². The van der Waals surface area contributed by atoms with E-state index in [2.05, 4.69) is 34.6 Å². The molecule has 1 aliphatic carbocycles. The van der Waals surface area contributed by atoms with Gasteiger partial charge < -0.3 is 10.3 Å². The Morgan fingerprint density at radius 1 is 1.00 bits per heavy atom. The Balaban J connectivity index is 1.74. The van der Waals surface area contributed by atoms with Crippen LogP contribution >= 0.6 is 0 Å². The second-order valence-electron chi connectivity index (χ2n) is 5.11. The zero-order valence-electron chi connectivity index (χ0n) is 10.2. The number of hydrogen-bond donors (Lipinski definition) is 2. The Morgan fingerprint density at radius 2 is 1.82 bits per heavy atom. The van der Waals surface area contributed by atoms with Crippen molar-refractivity contribution >= 4 is 16.6 Å². The maximum atomic E-state index is 3.69. The Morgan fingerprint density at radius 3 is 2.65 bits per heavy atom. The minimum absolute atomic E-state index is 0.675. The van der Waals surface area contributed by atoms with E-state index in [9.17, 15) is 0 Å². The van der Waals surface area contributed by atoms with Gasteiger partial charge >= 0.3 is 0 Å². The molecule has 2 nitrogen and oxygen atoms in total. The lowest BCUT2D eigenvalue weighted by Gasteiger charge is -2.17. The van der Waals surface area contributed by atoms with Crippen molar-refractivity contribution in [2.75, 3.05) is 5.32 Å². The molecule has 1 aromatic carbocycles. The Kier molecular flexibility index (Phi) is 3.04. The average molecular weight is 228 g/mol. The number of aromatic amines is 1. The SMILES string of the molecule is c1cc2cc(NC3CCCCCC3)ccc2[nH]1. The summed E-state index contributed by atoms with van der Waals surface area (Å²) < 4.78 is 0. The zero-order chi connectivity index (χ0) is 11.5. The molecule has 17 heavy (non-hydrogen) atoms. The number of aromatic nitrogens is 1. The van der Waals surface area contributed by atoms with Crippen molar-refractivity contribution in [1.29, 1.82) is 0 Å². The minimum Gasteiger partial charge on any atom is -0.382 e. The maximum Gasteiger partial charge on any atom is 0.0455 e. The highest BCUT2D eigenvalue weighted by molar-refractivity contribution is 5.83. The van der Waals surface area contributed by atoms with E-state index in [1.807, 2.05) is 6.20 Å². The van der Waals surface area contributed by atoms with E-state index < -0.39 is 0 Å². The second-order valence-corrected chi connectivity index (χ2v) is 5.11. The van der Waals surface area contributed by atoms with E-state index in [-0.39, 0.29) is 0 Å². The molecule has 1 heterocycles. The van der Waals surface area contributed by atoms with Gasteiger partial charge in [-0.3, -0.25) is 0 Å². The van der Waals surface area contributed by atoms with E-state index in [1.165, 1.54) is 55.1 Å². The number of fused-ring (bicyclic) bond motifs is 1. The fourth-order valence-corrected chi connectivity index (χ4v) is 2.80. The summed E-state index contributed by atoms with van der Waals surface area (Å²) in [6.45, 7) is 0. The minimum atomic E-state index is 0.675. The van der Waals surface area contributed by atoms with E-state index >= 15 is 0 Å². The Labute approximate surface area is 102 Å². The molecule has 1 fully saturated rings. The number of nitrogens with one attached hydrogen (secondary N) is 2. The molecule has 0 aliphatic heterocycles. The molecule has 2 heteroatoms. The molecule has 0 unspecified atom stereocenters. The molecule has 0 radical (unpaired) electrons. The average Bonchev–Trinajstić information content (AvgIpc) is 2.65. The molecule has 2 N–H and O–H groups in total. The van der Waals surface area contributed by atoms with Gasteiger partial charge in [0, 0.05) is 28.8 Å². The normalized spacial score (nSPS) is 18.1. The van der Waals surface area contributed by atoms with Crippen LogP contribution in [0.3, 0.4) is 0 Å². The third-order valence-electron chi connectivity index (χ3n) is 3.78. The summed E-state index contributed by atoms with van der Waals surface area (Å²) in [6, 6.07) is 9.40. The summed E-state index contributed by atoms with van der Waals surface area (Å²) in [5, 5.41) is 4.98. The summed E-state index contributed by atoms with van der Waals surface area (Å²) in [5.41, 5.74) is 2.49. The Bertz CT molecular complexity index is 478. The molecule has 0 spiro atoms. The first kappa shape index (κ1) is 10.7. The van der Waals surface area contributed by atoms with Crippen LogP contribution in [0.15, 0.2) is 30.5 Å². The molecule has 0 bridgehead atoms. The van der Waals surface area contributed by atoms with Crippen molar-refractivity contribution in [3.63, 3.8) is 0 Å². The zero-order valence-corrected chi connectivity index (χ0v) is 10.2. The van der Waals surface area contributed by atoms with Gasteiger partial charge in [-0.15, -0.1) is 0 Å².